The van der Waals surface area contributed by atoms with Gasteiger partial charge in [0.05, 0.1) is 25.4 Å². The molecular weight excluding hydrogens is 444 g/mol. The summed E-state index contributed by atoms with van der Waals surface area (Å²) in [4.78, 5) is 21.2. The molecule has 1 aliphatic rings. The van der Waals surface area contributed by atoms with Crippen molar-refractivity contribution in [1.29, 1.82) is 0 Å². The number of rotatable bonds is 13. The Balaban J connectivity index is 0.000000905. The minimum Gasteiger partial charge on any atom is -0.462 e. The maximum atomic E-state index is 11.7. The van der Waals surface area contributed by atoms with Crippen LogP contribution < -0.4 is 0 Å². The van der Waals surface area contributed by atoms with Crippen LogP contribution in [-0.2, 0) is 20.7 Å². The lowest BCUT2D eigenvalue weighted by Crippen LogP contribution is -2.29. The number of aliphatic hydroxyl groups excluding tert-OH is 3. The third-order valence-corrected chi connectivity index (χ3v) is 6.65. The quantitative estimate of drug-likeness (QED) is 0.216. The summed E-state index contributed by atoms with van der Waals surface area (Å²) >= 11 is 0. The van der Waals surface area contributed by atoms with Crippen molar-refractivity contribution in [3.05, 3.63) is 59.7 Å². The number of esters is 1. The molecule has 0 aromatic heterocycles. The van der Waals surface area contributed by atoms with E-state index in [-0.39, 0.29) is 36.9 Å². The Morgan fingerprint density at radius 2 is 1.69 bits per heavy atom. The zero-order valence-electron chi connectivity index (χ0n) is 21.5. The number of aliphatic hydroxyl groups is 3. The van der Waals surface area contributed by atoms with Gasteiger partial charge in [-0.25, -0.2) is 4.79 Å². The monoisotopic (exact) mass is 488 g/mol. The Labute approximate surface area is 210 Å². The van der Waals surface area contributed by atoms with Gasteiger partial charge in [0, 0.05) is 18.1 Å². The van der Waals surface area contributed by atoms with Gasteiger partial charge in [-0.05, 0) is 67.4 Å². The zero-order valence-corrected chi connectivity index (χ0v) is 21.5. The summed E-state index contributed by atoms with van der Waals surface area (Å²) in [6.45, 7) is 10.8. The number of hydrogen-bond acceptors (Lipinski definition) is 6. The minimum atomic E-state index is -0.576. The van der Waals surface area contributed by atoms with Crippen molar-refractivity contribution in [3.8, 4) is 0 Å². The van der Waals surface area contributed by atoms with Crippen molar-refractivity contribution in [1.82, 2.24) is 0 Å². The molecule has 0 bridgehead atoms. The topological polar surface area (TPSA) is 104 Å². The molecule has 0 amide bonds. The predicted octanol–water partition coefficient (Wildman–Crippen LogP) is 4.37. The summed E-state index contributed by atoms with van der Waals surface area (Å²) in [5.74, 6) is 1.08. The van der Waals surface area contributed by atoms with E-state index in [1.165, 1.54) is 24.0 Å². The Kier molecular flexibility index (Phi) is 15.1. The van der Waals surface area contributed by atoms with Crippen LogP contribution in [0.2, 0.25) is 0 Å². The first-order valence-corrected chi connectivity index (χ1v) is 12.6. The van der Waals surface area contributed by atoms with Gasteiger partial charge >= 0.3 is 5.97 Å². The van der Waals surface area contributed by atoms with Crippen LogP contribution in [0.4, 0.5) is 0 Å². The molecule has 1 aliphatic carbocycles. The maximum absolute atomic E-state index is 11.7. The van der Waals surface area contributed by atoms with Crippen molar-refractivity contribution in [2.75, 3.05) is 26.4 Å². The van der Waals surface area contributed by atoms with Gasteiger partial charge in [0.1, 0.15) is 6.29 Å². The van der Waals surface area contributed by atoms with Crippen molar-refractivity contribution in [3.63, 3.8) is 0 Å². The van der Waals surface area contributed by atoms with Gasteiger partial charge in [-0.2, -0.15) is 0 Å². The van der Waals surface area contributed by atoms with Gasteiger partial charge in [-0.3, -0.25) is 4.79 Å². The van der Waals surface area contributed by atoms with E-state index in [2.05, 4.69) is 51.3 Å². The lowest BCUT2D eigenvalue weighted by molar-refractivity contribution is -0.142. The van der Waals surface area contributed by atoms with E-state index >= 15 is 0 Å². The van der Waals surface area contributed by atoms with Gasteiger partial charge in [0.15, 0.2) is 0 Å². The third-order valence-electron chi connectivity index (χ3n) is 6.65. The van der Waals surface area contributed by atoms with E-state index in [1.807, 2.05) is 0 Å². The number of carbonyl (C=O) groups excluding carboxylic acids is 2. The number of aldehydes is 1. The average Bonchev–Trinajstić information content (AvgIpc) is 2.88. The van der Waals surface area contributed by atoms with Gasteiger partial charge in [-0.15, -0.1) is 0 Å². The van der Waals surface area contributed by atoms with Crippen molar-refractivity contribution < 1.29 is 29.6 Å². The summed E-state index contributed by atoms with van der Waals surface area (Å²) < 4.78 is 5.21. The van der Waals surface area contributed by atoms with Crippen LogP contribution in [0.1, 0.15) is 69.4 Å². The molecule has 6 nitrogen and oxygen atoms in total. The largest absolute Gasteiger partial charge is 0.462 e. The van der Waals surface area contributed by atoms with E-state index < -0.39 is 12.6 Å². The molecule has 0 heterocycles. The van der Waals surface area contributed by atoms with E-state index in [9.17, 15) is 14.7 Å². The van der Waals surface area contributed by atoms with Gasteiger partial charge in [0.25, 0.3) is 0 Å². The minimum absolute atomic E-state index is 0.0132. The fourth-order valence-corrected chi connectivity index (χ4v) is 4.32. The highest BCUT2D eigenvalue weighted by molar-refractivity contribution is 5.87. The number of aryl methyl sites for hydroxylation is 1. The number of hydrogen-bond donors (Lipinski definition) is 3. The van der Waals surface area contributed by atoms with E-state index in [4.69, 9.17) is 14.9 Å². The number of ether oxygens (including phenoxy) is 1. The molecule has 1 aromatic rings. The lowest BCUT2D eigenvalue weighted by atomic mass is 9.74. The molecule has 6 heteroatoms. The lowest BCUT2D eigenvalue weighted by Gasteiger charge is -2.33. The Bertz CT molecular complexity index is 775. The Morgan fingerprint density at radius 3 is 2.14 bits per heavy atom. The fraction of sp³-hybridized carbons (Fsp3) is 0.586. The zero-order chi connectivity index (χ0) is 26.2. The second-order valence-electron chi connectivity index (χ2n) is 9.88. The molecule has 196 valence electrons. The van der Waals surface area contributed by atoms with Gasteiger partial charge in [-0.1, -0.05) is 57.7 Å². The smallest absolute Gasteiger partial charge is 0.335 e. The number of carbonyl (C=O) groups is 2. The van der Waals surface area contributed by atoms with Gasteiger partial charge < -0.3 is 20.1 Å². The van der Waals surface area contributed by atoms with Crippen LogP contribution in [0, 0.1) is 17.8 Å². The van der Waals surface area contributed by atoms with Crippen LogP contribution in [0.5, 0.6) is 0 Å². The van der Waals surface area contributed by atoms with Crippen LogP contribution in [0.3, 0.4) is 0 Å². The molecule has 1 fully saturated rings. The first-order chi connectivity index (χ1) is 16.7. The summed E-state index contributed by atoms with van der Waals surface area (Å²) in [7, 11) is 0. The van der Waals surface area contributed by atoms with Crippen LogP contribution in [-0.4, -0.2) is 54.0 Å². The maximum Gasteiger partial charge on any atom is 0.335 e. The van der Waals surface area contributed by atoms with Gasteiger partial charge in [0.2, 0.25) is 0 Å². The highest BCUT2D eigenvalue weighted by Gasteiger charge is 2.29. The molecule has 0 saturated heterocycles. The highest BCUT2D eigenvalue weighted by atomic mass is 16.5. The predicted molar refractivity (Wildman–Crippen MR) is 139 cm³/mol. The molecule has 1 atom stereocenters. The Morgan fingerprint density at radius 1 is 1.06 bits per heavy atom. The first-order valence-electron chi connectivity index (χ1n) is 12.6. The Hall–Kier alpha value is -2.28. The molecule has 0 radical (unpaired) electrons. The van der Waals surface area contributed by atoms with E-state index in [1.54, 1.807) is 0 Å². The van der Waals surface area contributed by atoms with Crippen molar-refractivity contribution in [2.24, 2.45) is 17.8 Å². The molecule has 1 unspecified atom stereocenters. The summed E-state index contributed by atoms with van der Waals surface area (Å²) in [6.07, 6.45) is 8.48. The standard InChI is InChI=1S/C25H38O4.C4H6O2/c1-18(2)5-4-6-20-7-9-21(10-8-20)22-11-13-23(14-12-22)24(16-27)17-29-25(28)19(3)15-26;1-4(2-5)3-6/h7-10,18,22-24,26-27H,3-6,11-17H2,1-2H3;2,6H,1,3H2. The average molecular weight is 489 g/mol. The summed E-state index contributed by atoms with van der Waals surface area (Å²) in [5, 5.41) is 26.7. The third kappa shape index (κ3) is 11.8. The summed E-state index contributed by atoms with van der Waals surface area (Å²) in [6, 6.07) is 9.15. The molecule has 0 aliphatic heterocycles. The molecule has 35 heavy (non-hydrogen) atoms. The van der Waals surface area contributed by atoms with E-state index in [0.29, 0.717) is 18.1 Å². The van der Waals surface area contributed by atoms with E-state index in [0.717, 1.165) is 38.0 Å². The first kappa shape index (κ1) is 30.8. The molecule has 1 aromatic carbocycles. The molecule has 3 N–H and O–H groups in total. The highest BCUT2D eigenvalue weighted by Crippen LogP contribution is 2.39. The van der Waals surface area contributed by atoms with Crippen LogP contribution >= 0.6 is 0 Å². The normalized spacial score (nSPS) is 18.2. The second kappa shape index (κ2) is 17.2. The van der Waals surface area contributed by atoms with Crippen LogP contribution in [0.15, 0.2) is 48.6 Å². The SMILES string of the molecule is C=C(C=O)CO.C=C(CO)C(=O)OCC(CO)C1CCC(c2ccc(CCCC(C)C)cc2)CC1. The molecule has 0 spiro atoms. The molecule has 1 saturated carbocycles. The molecule has 2 rings (SSSR count). The summed E-state index contributed by atoms with van der Waals surface area (Å²) in [5.41, 5.74) is 3.12. The fourth-order valence-electron chi connectivity index (χ4n) is 4.32. The number of benzene rings is 1. The van der Waals surface area contributed by atoms with Crippen molar-refractivity contribution >= 4 is 12.3 Å². The van der Waals surface area contributed by atoms with Crippen LogP contribution in [0.25, 0.3) is 0 Å². The van der Waals surface area contributed by atoms with Crippen molar-refractivity contribution in [2.45, 2.75) is 64.7 Å². The second-order valence-corrected chi connectivity index (χ2v) is 9.88. The molecular formula is C29H44O6.